The van der Waals surface area contributed by atoms with E-state index in [1.807, 2.05) is 12.1 Å². The van der Waals surface area contributed by atoms with Crippen molar-refractivity contribution >= 4 is 11.6 Å². The van der Waals surface area contributed by atoms with Crippen LogP contribution in [-0.4, -0.2) is 38.8 Å². The van der Waals surface area contributed by atoms with Crippen LogP contribution in [0.25, 0.3) is 0 Å². The molecule has 3 rings (SSSR count). The molecule has 4 nitrogen and oxygen atoms in total. The summed E-state index contributed by atoms with van der Waals surface area (Å²) in [6, 6.07) is 6.63. The molecule has 1 amide bonds. The molecule has 22 heavy (non-hydrogen) atoms. The van der Waals surface area contributed by atoms with E-state index in [1.165, 1.54) is 12.1 Å². The van der Waals surface area contributed by atoms with Gasteiger partial charge in [-0.25, -0.2) is 4.39 Å². The molecule has 1 atom stereocenters. The van der Waals surface area contributed by atoms with Crippen LogP contribution in [0.4, 0.5) is 10.1 Å². The van der Waals surface area contributed by atoms with E-state index in [1.54, 1.807) is 0 Å². The molecule has 2 fully saturated rings. The number of rotatable bonds is 4. The lowest BCUT2D eigenvalue weighted by atomic mass is 9.99. The standard InChI is InChI=1S/C17H23FN2O2/c18-15-1-3-16(4-2-15)20-8-5-13(12-20)11-19-17(21)14-6-9-22-10-7-14/h1-4,13-14H,5-12H2,(H,19,21). The number of anilines is 1. The molecule has 0 saturated carbocycles. The van der Waals surface area contributed by atoms with Crippen LogP contribution in [0.15, 0.2) is 24.3 Å². The first-order valence-corrected chi connectivity index (χ1v) is 8.08. The molecule has 2 aliphatic rings. The number of benzene rings is 1. The number of hydrogen-bond acceptors (Lipinski definition) is 3. The van der Waals surface area contributed by atoms with Crippen molar-refractivity contribution in [2.75, 3.05) is 37.7 Å². The highest BCUT2D eigenvalue weighted by atomic mass is 19.1. The third-order valence-corrected chi connectivity index (χ3v) is 4.63. The minimum absolute atomic E-state index is 0.114. The van der Waals surface area contributed by atoms with Gasteiger partial charge in [0.1, 0.15) is 5.82 Å². The molecule has 2 heterocycles. The lowest BCUT2D eigenvalue weighted by Gasteiger charge is -2.22. The van der Waals surface area contributed by atoms with Crippen LogP contribution in [-0.2, 0) is 9.53 Å². The minimum Gasteiger partial charge on any atom is -0.381 e. The van der Waals surface area contributed by atoms with Gasteiger partial charge in [0.2, 0.25) is 5.91 Å². The van der Waals surface area contributed by atoms with Gasteiger partial charge in [-0.1, -0.05) is 0 Å². The summed E-state index contributed by atoms with van der Waals surface area (Å²) >= 11 is 0. The van der Waals surface area contributed by atoms with Gasteiger partial charge in [-0.05, 0) is 49.4 Å². The highest BCUT2D eigenvalue weighted by Gasteiger charge is 2.25. The van der Waals surface area contributed by atoms with Gasteiger partial charge in [-0.3, -0.25) is 4.79 Å². The summed E-state index contributed by atoms with van der Waals surface area (Å²) in [5.74, 6) is 0.545. The molecule has 120 valence electrons. The minimum atomic E-state index is -0.205. The summed E-state index contributed by atoms with van der Waals surface area (Å²) < 4.78 is 18.2. The molecular weight excluding hydrogens is 283 g/mol. The predicted molar refractivity (Wildman–Crippen MR) is 83.3 cm³/mol. The molecule has 0 spiro atoms. The van der Waals surface area contributed by atoms with Crippen molar-refractivity contribution in [3.05, 3.63) is 30.1 Å². The maximum absolute atomic E-state index is 13.0. The number of nitrogens with one attached hydrogen (secondary N) is 1. The Bertz CT molecular complexity index is 500. The van der Waals surface area contributed by atoms with Gasteiger partial charge in [0.05, 0.1) is 0 Å². The highest BCUT2D eigenvalue weighted by molar-refractivity contribution is 5.78. The molecule has 0 aliphatic carbocycles. The third kappa shape index (κ3) is 3.77. The van der Waals surface area contributed by atoms with Crippen LogP contribution in [0.1, 0.15) is 19.3 Å². The summed E-state index contributed by atoms with van der Waals surface area (Å²) in [4.78, 5) is 14.4. The number of carbonyl (C=O) groups excluding carboxylic acids is 1. The molecule has 1 aromatic carbocycles. The molecular formula is C17H23FN2O2. The van der Waals surface area contributed by atoms with Crippen molar-refractivity contribution in [1.82, 2.24) is 5.32 Å². The van der Waals surface area contributed by atoms with Crippen LogP contribution in [0.2, 0.25) is 0 Å². The summed E-state index contributed by atoms with van der Waals surface area (Å²) in [6.07, 6.45) is 2.72. The first kappa shape index (κ1) is 15.3. The zero-order valence-corrected chi connectivity index (χ0v) is 12.8. The lowest BCUT2D eigenvalue weighted by molar-refractivity contribution is -0.128. The Kier molecular flexibility index (Phi) is 4.93. The van der Waals surface area contributed by atoms with E-state index >= 15 is 0 Å². The van der Waals surface area contributed by atoms with Crippen molar-refractivity contribution in [2.24, 2.45) is 11.8 Å². The van der Waals surface area contributed by atoms with E-state index in [9.17, 15) is 9.18 Å². The normalized spacial score (nSPS) is 22.8. The van der Waals surface area contributed by atoms with Gasteiger partial charge in [0, 0.05) is 44.5 Å². The van der Waals surface area contributed by atoms with Gasteiger partial charge in [0.25, 0.3) is 0 Å². The monoisotopic (exact) mass is 306 g/mol. The van der Waals surface area contributed by atoms with E-state index in [0.29, 0.717) is 19.1 Å². The van der Waals surface area contributed by atoms with Crippen LogP contribution in [0.5, 0.6) is 0 Å². The smallest absolute Gasteiger partial charge is 0.223 e. The number of carbonyl (C=O) groups is 1. The Morgan fingerprint density at radius 3 is 2.68 bits per heavy atom. The number of halogens is 1. The first-order valence-electron chi connectivity index (χ1n) is 8.08. The largest absolute Gasteiger partial charge is 0.381 e. The summed E-state index contributed by atoms with van der Waals surface area (Å²) in [5.41, 5.74) is 1.06. The molecule has 0 aromatic heterocycles. The molecule has 1 N–H and O–H groups in total. The Labute approximate surface area is 130 Å². The van der Waals surface area contributed by atoms with Crippen molar-refractivity contribution in [3.8, 4) is 0 Å². The summed E-state index contributed by atoms with van der Waals surface area (Å²) in [6.45, 7) is 4.00. The fourth-order valence-electron chi connectivity index (χ4n) is 3.23. The van der Waals surface area contributed by atoms with Crippen molar-refractivity contribution < 1.29 is 13.9 Å². The van der Waals surface area contributed by atoms with Crippen molar-refractivity contribution in [3.63, 3.8) is 0 Å². The summed E-state index contributed by atoms with van der Waals surface area (Å²) in [5, 5.41) is 3.09. The zero-order chi connectivity index (χ0) is 15.4. The molecule has 2 aliphatic heterocycles. The van der Waals surface area contributed by atoms with Gasteiger partial charge in [0.15, 0.2) is 0 Å². The van der Waals surface area contributed by atoms with Crippen LogP contribution in [0, 0.1) is 17.7 Å². The second kappa shape index (κ2) is 7.09. The quantitative estimate of drug-likeness (QED) is 0.927. The number of amides is 1. The molecule has 0 bridgehead atoms. The number of nitrogens with zero attached hydrogens (tertiary/aromatic N) is 1. The predicted octanol–water partition coefficient (Wildman–Crippen LogP) is 2.19. The Hall–Kier alpha value is -1.62. The Morgan fingerprint density at radius 1 is 1.23 bits per heavy atom. The van der Waals surface area contributed by atoms with Gasteiger partial charge in [-0.2, -0.15) is 0 Å². The number of ether oxygens (including phenoxy) is 1. The van der Waals surface area contributed by atoms with Crippen molar-refractivity contribution in [2.45, 2.75) is 19.3 Å². The highest BCUT2D eigenvalue weighted by Crippen LogP contribution is 2.24. The molecule has 1 unspecified atom stereocenters. The fourth-order valence-corrected chi connectivity index (χ4v) is 3.23. The average Bonchev–Trinajstić information content (AvgIpc) is 3.03. The van der Waals surface area contributed by atoms with E-state index < -0.39 is 0 Å². The first-order chi connectivity index (χ1) is 10.7. The Morgan fingerprint density at radius 2 is 1.95 bits per heavy atom. The van der Waals surface area contributed by atoms with E-state index in [4.69, 9.17) is 4.74 Å². The molecule has 2 saturated heterocycles. The second-order valence-corrected chi connectivity index (χ2v) is 6.21. The third-order valence-electron chi connectivity index (χ3n) is 4.63. The molecule has 5 heteroatoms. The zero-order valence-electron chi connectivity index (χ0n) is 12.8. The lowest BCUT2D eigenvalue weighted by Crippen LogP contribution is -2.37. The Balaban J connectivity index is 1.44. The van der Waals surface area contributed by atoms with Crippen LogP contribution < -0.4 is 10.2 Å². The molecule has 0 radical (unpaired) electrons. The van der Waals surface area contributed by atoms with Gasteiger partial charge < -0.3 is 15.0 Å². The fraction of sp³-hybridized carbons (Fsp3) is 0.588. The van der Waals surface area contributed by atoms with E-state index in [2.05, 4.69) is 10.2 Å². The second-order valence-electron chi connectivity index (χ2n) is 6.21. The topological polar surface area (TPSA) is 41.6 Å². The van der Waals surface area contributed by atoms with Crippen LogP contribution in [0.3, 0.4) is 0 Å². The van der Waals surface area contributed by atoms with Gasteiger partial charge >= 0.3 is 0 Å². The maximum Gasteiger partial charge on any atom is 0.223 e. The van der Waals surface area contributed by atoms with Gasteiger partial charge in [-0.15, -0.1) is 0 Å². The number of hydrogen-bond donors (Lipinski definition) is 1. The summed E-state index contributed by atoms with van der Waals surface area (Å²) in [7, 11) is 0. The van der Waals surface area contributed by atoms with Crippen molar-refractivity contribution in [1.29, 1.82) is 0 Å². The van der Waals surface area contributed by atoms with E-state index in [0.717, 1.165) is 44.6 Å². The maximum atomic E-state index is 13.0. The van der Waals surface area contributed by atoms with Crippen LogP contribution >= 0.6 is 0 Å². The average molecular weight is 306 g/mol. The SMILES string of the molecule is O=C(NCC1CCN(c2ccc(F)cc2)C1)C1CCOCC1. The van der Waals surface area contributed by atoms with E-state index in [-0.39, 0.29) is 17.6 Å². The molecule has 1 aromatic rings.